The molecule has 0 saturated heterocycles. The molecule has 0 N–H and O–H groups in total. The Labute approximate surface area is 148 Å². The SMILES string of the molecule is [CH2]CCCCCC(F)(F)C(F)(F)C(F)(F)C(F)(F)C(F)(F)C(F)(F)C(F)(F)F. The maximum absolute atomic E-state index is 13.3. The minimum Gasteiger partial charge on any atom is -0.200 e. The predicted octanol–water partition coefficient (Wildman–Crippen LogP) is 7.15. The van der Waals surface area contributed by atoms with E-state index in [0.29, 0.717) is 0 Å². The van der Waals surface area contributed by atoms with Crippen LogP contribution in [0.15, 0.2) is 0 Å². The second-order valence-electron chi connectivity index (χ2n) is 5.74. The van der Waals surface area contributed by atoms with Crippen molar-refractivity contribution in [1.82, 2.24) is 0 Å². The van der Waals surface area contributed by atoms with E-state index in [9.17, 15) is 65.9 Å². The summed E-state index contributed by atoms with van der Waals surface area (Å²) in [7, 11) is 0. The van der Waals surface area contributed by atoms with E-state index in [2.05, 4.69) is 6.92 Å². The van der Waals surface area contributed by atoms with Gasteiger partial charge in [0.25, 0.3) is 0 Å². The highest BCUT2D eigenvalue weighted by Gasteiger charge is 2.93. The molecule has 0 unspecified atom stereocenters. The summed E-state index contributed by atoms with van der Waals surface area (Å²) in [5.41, 5.74) is 0. The van der Waals surface area contributed by atoms with E-state index in [0.717, 1.165) is 0 Å². The van der Waals surface area contributed by atoms with Gasteiger partial charge in [-0.05, 0) is 6.42 Å². The summed E-state index contributed by atoms with van der Waals surface area (Å²) in [6.07, 6.45) is -11.1. The quantitative estimate of drug-likeness (QED) is 0.244. The molecule has 169 valence electrons. The van der Waals surface area contributed by atoms with Crippen LogP contribution in [0.1, 0.15) is 32.1 Å². The predicted molar refractivity (Wildman–Crippen MR) is 64.2 cm³/mol. The molecule has 0 aliphatic carbocycles. The van der Waals surface area contributed by atoms with E-state index < -0.39 is 54.6 Å². The third-order valence-electron chi connectivity index (χ3n) is 3.63. The van der Waals surface area contributed by atoms with Crippen molar-refractivity contribution in [3.8, 4) is 0 Å². The van der Waals surface area contributed by atoms with E-state index in [1.807, 2.05) is 0 Å². The van der Waals surface area contributed by atoms with Crippen molar-refractivity contribution in [2.75, 3.05) is 0 Å². The highest BCUT2D eigenvalue weighted by atomic mass is 19.4. The van der Waals surface area contributed by atoms with Crippen LogP contribution in [-0.2, 0) is 0 Å². The summed E-state index contributed by atoms with van der Waals surface area (Å²) in [5.74, 6) is -45.8. The van der Waals surface area contributed by atoms with Crippen LogP contribution in [0, 0.1) is 6.92 Å². The van der Waals surface area contributed by atoms with Gasteiger partial charge in [0.15, 0.2) is 0 Å². The maximum atomic E-state index is 13.3. The number of halogens is 15. The molecule has 0 saturated carbocycles. The molecule has 0 heterocycles. The van der Waals surface area contributed by atoms with E-state index >= 15 is 0 Å². The average Bonchev–Trinajstić information content (AvgIpc) is 2.49. The first-order chi connectivity index (χ1) is 12.1. The van der Waals surface area contributed by atoms with Gasteiger partial charge in [-0.15, -0.1) is 0 Å². The minimum absolute atomic E-state index is 0.00405. The van der Waals surface area contributed by atoms with Crippen molar-refractivity contribution < 1.29 is 65.9 Å². The molecule has 0 bridgehead atoms. The van der Waals surface area contributed by atoms with Gasteiger partial charge < -0.3 is 0 Å². The summed E-state index contributed by atoms with van der Waals surface area (Å²) in [4.78, 5) is 0. The van der Waals surface area contributed by atoms with E-state index in [-0.39, 0.29) is 19.3 Å². The Morgan fingerprint density at radius 1 is 0.429 bits per heavy atom. The lowest BCUT2D eigenvalue weighted by Crippen LogP contribution is -2.72. The lowest BCUT2D eigenvalue weighted by Gasteiger charge is -2.41. The molecule has 0 fully saturated rings. The van der Waals surface area contributed by atoms with Crippen LogP contribution < -0.4 is 0 Å². The Morgan fingerprint density at radius 2 is 0.786 bits per heavy atom. The molecule has 0 amide bonds. The van der Waals surface area contributed by atoms with Crippen LogP contribution in [0.25, 0.3) is 0 Å². The van der Waals surface area contributed by atoms with Crippen LogP contribution in [0.2, 0.25) is 0 Å². The monoisotopic (exact) mass is 453 g/mol. The summed E-state index contributed by atoms with van der Waals surface area (Å²) >= 11 is 0. The van der Waals surface area contributed by atoms with Crippen LogP contribution >= 0.6 is 0 Å². The van der Waals surface area contributed by atoms with Crippen molar-refractivity contribution in [2.24, 2.45) is 0 Å². The van der Waals surface area contributed by atoms with E-state index in [1.165, 1.54) is 0 Å². The average molecular weight is 453 g/mol. The minimum atomic E-state index is -8.21. The molecular weight excluding hydrogens is 441 g/mol. The number of hydrogen-bond acceptors (Lipinski definition) is 0. The molecule has 0 spiro atoms. The molecule has 0 atom stereocenters. The molecule has 0 aromatic heterocycles. The van der Waals surface area contributed by atoms with Gasteiger partial charge in [-0.3, -0.25) is 0 Å². The summed E-state index contributed by atoms with van der Waals surface area (Å²) in [5, 5.41) is 0. The Kier molecular flexibility index (Phi) is 7.36. The zero-order chi connectivity index (χ0) is 23.0. The first-order valence-electron chi connectivity index (χ1n) is 7.19. The third-order valence-corrected chi connectivity index (χ3v) is 3.63. The molecule has 0 aliphatic rings. The number of rotatable bonds is 10. The molecule has 0 aromatic carbocycles. The summed E-state index contributed by atoms with van der Waals surface area (Å²) < 4.78 is 193. The van der Waals surface area contributed by atoms with Gasteiger partial charge in [-0.1, -0.05) is 26.2 Å². The molecule has 0 rings (SSSR count). The van der Waals surface area contributed by atoms with Crippen molar-refractivity contribution in [3.05, 3.63) is 6.92 Å². The Bertz CT molecular complexity index is 517. The molecular formula is C13H12F15. The summed E-state index contributed by atoms with van der Waals surface area (Å²) in [6, 6.07) is 0. The normalized spacial score (nSPS) is 15.9. The highest BCUT2D eigenvalue weighted by Crippen LogP contribution is 2.62. The van der Waals surface area contributed by atoms with Crippen molar-refractivity contribution in [1.29, 1.82) is 0 Å². The van der Waals surface area contributed by atoms with Crippen LogP contribution in [0.5, 0.6) is 0 Å². The zero-order valence-electron chi connectivity index (χ0n) is 13.4. The molecule has 0 nitrogen and oxygen atoms in total. The first-order valence-corrected chi connectivity index (χ1v) is 7.19. The fourth-order valence-corrected chi connectivity index (χ4v) is 1.86. The third kappa shape index (κ3) is 3.98. The largest absolute Gasteiger partial charge is 0.460 e. The van der Waals surface area contributed by atoms with Crippen molar-refractivity contribution >= 4 is 0 Å². The van der Waals surface area contributed by atoms with E-state index in [4.69, 9.17) is 0 Å². The fraction of sp³-hybridized carbons (Fsp3) is 0.923. The van der Waals surface area contributed by atoms with Crippen molar-refractivity contribution in [2.45, 2.75) is 73.8 Å². The summed E-state index contributed by atoms with van der Waals surface area (Å²) in [6.45, 7) is 3.21. The first kappa shape index (κ1) is 27.0. The topological polar surface area (TPSA) is 0 Å². The van der Waals surface area contributed by atoms with Gasteiger partial charge >= 0.3 is 41.7 Å². The molecule has 0 aliphatic heterocycles. The van der Waals surface area contributed by atoms with Gasteiger partial charge in [0, 0.05) is 6.42 Å². The standard InChI is InChI=1S/C13H12F15/c1-2-3-4-5-6-7(14,15)8(16,17)9(18,19)10(20,21)11(22,23)12(24,25)13(26,27)28/h1-6H2. The molecule has 1 radical (unpaired) electrons. The highest BCUT2D eigenvalue weighted by molar-refractivity contribution is 5.12. The second-order valence-corrected chi connectivity index (χ2v) is 5.74. The molecule has 15 heteroatoms. The van der Waals surface area contributed by atoms with Gasteiger partial charge in [0.05, 0.1) is 0 Å². The Morgan fingerprint density at radius 3 is 1.14 bits per heavy atom. The number of unbranched alkanes of at least 4 members (excludes halogenated alkanes) is 3. The van der Waals surface area contributed by atoms with Gasteiger partial charge in [0.2, 0.25) is 0 Å². The van der Waals surface area contributed by atoms with Crippen LogP contribution in [-0.4, -0.2) is 41.7 Å². The van der Waals surface area contributed by atoms with Gasteiger partial charge in [-0.25, -0.2) is 0 Å². The van der Waals surface area contributed by atoms with Crippen LogP contribution in [0.4, 0.5) is 65.9 Å². The van der Waals surface area contributed by atoms with Gasteiger partial charge in [-0.2, -0.15) is 65.9 Å². The lowest BCUT2D eigenvalue weighted by atomic mass is 9.89. The van der Waals surface area contributed by atoms with Crippen molar-refractivity contribution in [3.63, 3.8) is 0 Å². The molecule has 0 aromatic rings. The van der Waals surface area contributed by atoms with Crippen LogP contribution in [0.3, 0.4) is 0 Å². The zero-order valence-corrected chi connectivity index (χ0v) is 13.4. The molecule has 28 heavy (non-hydrogen) atoms. The Balaban J connectivity index is 6.10. The lowest BCUT2D eigenvalue weighted by molar-refractivity contribution is -0.452. The number of hydrogen-bond donors (Lipinski definition) is 0. The van der Waals surface area contributed by atoms with E-state index in [1.54, 1.807) is 0 Å². The second kappa shape index (κ2) is 7.65. The number of alkyl halides is 15. The smallest absolute Gasteiger partial charge is 0.200 e. The van der Waals surface area contributed by atoms with Gasteiger partial charge in [0.1, 0.15) is 0 Å². The maximum Gasteiger partial charge on any atom is 0.460 e. The fourth-order valence-electron chi connectivity index (χ4n) is 1.86. The Hall–Kier alpha value is -1.05.